The van der Waals surface area contributed by atoms with Crippen LogP contribution in [0.1, 0.15) is 52.5 Å². The van der Waals surface area contributed by atoms with Crippen LogP contribution >= 0.6 is 0 Å². The average molecular weight is 368 g/mol. The van der Waals surface area contributed by atoms with Crippen LogP contribution in [0.4, 0.5) is 0 Å². The van der Waals surface area contributed by atoms with Crippen LogP contribution in [0.5, 0.6) is 0 Å². The number of hydrogen-bond donors (Lipinski definition) is 2. The highest BCUT2D eigenvalue weighted by molar-refractivity contribution is 5.94. The predicted molar refractivity (Wildman–Crippen MR) is 107 cm³/mol. The molecule has 5 heteroatoms. The SMILES string of the molecule is CCCCOCCCNC(=O)c1ccc(CNC(=O)c2ccccc2)cc1. The van der Waals surface area contributed by atoms with Gasteiger partial charge in [-0.25, -0.2) is 0 Å². The summed E-state index contributed by atoms with van der Waals surface area (Å²) in [4.78, 5) is 24.2. The normalized spacial score (nSPS) is 10.4. The molecular formula is C22H28N2O3. The summed E-state index contributed by atoms with van der Waals surface area (Å²) in [6.07, 6.45) is 3.01. The second-order valence-corrected chi connectivity index (χ2v) is 6.32. The lowest BCUT2D eigenvalue weighted by atomic mass is 10.1. The highest BCUT2D eigenvalue weighted by Gasteiger charge is 2.06. The summed E-state index contributed by atoms with van der Waals surface area (Å²) in [7, 11) is 0. The van der Waals surface area contributed by atoms with Gasteiger partial charge in [0.15, 0.2) is 0 Å². The lowest BCUT2D eigenvalue weighted by molar-refractivity contribution is 0.0934. The van der Waals surface area contributed by atoms with Gasteiger partial charge in [-0.05, 0) is 42.7 Å². The number of rotatable bonds is 11. The minimum Gasteiger partial charge on any atom is -0.381 e. The molecule has 144 valence electrons. The predicted octanol–water partition coefficient (Wildman–Crippen LogP) is 3.55. The maximum absolute atomic E-state index is 12.1. The lowest BCUT2D eigenvalue weighted by Crippen LogP contribution is -2.25. The minimum absolute atomic E-state index is 0.0940. The van der Waals surface area contributed by atoms with Crippen LogP contribution in [0.25, 0.3) is 0 Å². The van der Waals surface area contributed by atoms with Gasteiger partial charge in [0, 0.05) is 37.4 Å². The van der Waals surface area contributed by atoms with E-state index < -0.39 is 0 Å². The largest absolute Gasteiger partial charge is 0.381 e. The van der Waals surface area contributed by atoms with E-state index >= 15 is 0 Å². The van der Waals surface area contributed by atoms with E-state index in [1.807, 2.05) is 30.3 Å². The number of benzene rings is 2. The highest BCUT2D eigenvalue weighted by atomic mass is 16.5. The summed E-state index contributed by atoms with van der Waals surface area (Å²) in [5.41, 5.74) is 2.19. The Morgan fingerprint density at radius 1 is 0.815 bits per heavy atom. The molecule has 0 aliphatic carbocycles. The molecule has 0 fully saturated rings. The van der Waals surface area contributed by atoms with E-state index in [0.29, 0.717) is 30.8 Å². The smallest absolute Gasteiger partial charge is 0.251 e. The molecule has 2 N–H and O–H groups in total. The first-order valence-corrected chi connectivity index (χ1v) is 9.49. The molecule has 0 atom stereocenters. The van der Waals surface area contributed by atoms with Crippen molar-refractivity contribution in [3.8, 4) is 0 Å². The molecule has 27 heavy (non-hydrogen) atoms. The van der Waals surface area contributed by atoms with E-state index in [9.17, 15) is 9.59 Å². The third-order valence-corrected chi connectivity index (χ3v) is 4.10. The van der Waals surface area contributed by atoms with E-state index in [1.165, 1.54) is 0 Å². The molecule has 0 aliphatic heterocycles. The molecule has 2 amide bonds. The van der Waals surface area contributed by atoms with Crippen molar-refractivity contribution in [3.63, 3.8) is 0 Å². The van der Waals surface area contributed by atoms with Gasteiger partial charge in [0.2, 0.25) is 0 Å². The first-order chi connectivity index (χ1) is 13.2. The number of hydrogen-bond acceptors (Lipinski definition) is 3. The van der Waals surface area contributed by atoms with Gasteiger partial charge in [-0.2, -0.15) is 0 Å². The van der Waals surface area contributed by atoms with Crippen molar-refractivity contribution < 1.29 is 14.3 Å². The van der Waals surface area contributed by atoms with Crippen molar-refractivity contribution in [3.05, 3.63) is 71.3 Å². The van der Waals surface area contributed by atoms with E-state index in [-0.39, 0.29) is 11.8 Å². The number of nitrogens with one attached hydrogen (secondary N) is 2. The van der Waals surface area contributed by atoms with Crippen molar-refractivity contribution in [1.29, 1.82) is 0 Å². The lowest BCUT2D eigenvalue weighted by Gasteiger charge is -2.08. The van der Waals surface area contributed by atoms with Crippen LogP contribution in [-0.4, -0.2) is 31.6 Å². The molecule has 0 aromatic heterocycles. The standard InChI is InChI=1S/C22H28N2O3/c1-2-3-15-27-16-7-14-23-21(25)20-12-10-18(11-13-20)17-24-22(26)19-8-5-4-6-9-19/h4-6,8-13H,2-3,7,14-17H2,1H3,(H,23,25)(H,24,26). The summed E-state index contributed by atoms with van der Waals surface area (Å²) >= 11 is 0. The third kappa shape index (κ3) is 7.62. The Labute approximate surface area is 161 Å². The van der Waals surface area contributed by atoms with Crippen LogP contribution < -0.4 is 10.6 Å². The van der Waals surface area contributed by atoms with Crippen LogP contribution in [0.2, 0.25) is 0 Å². The molecule has 0 radical (unpaired) electrons. The quantitative estimate of drug-likeness (QED) is 0.596. The Hall–Kier alpha value is -2.66. The molecule has 0 aliphatic rings. The number of amides is 2. The molecule has 0 spiro atoms. The summed E-state index contributed by atoms with van der Waals surface area (Å²) in [6, 6.07) is 16.4. The van der Waals surface area contributed by atoms with Gasteiger partial charge in [-0.15, -0.1) is 0 Å². The summed E-state index contributed by atoms with van der Waals surface area (Å²) in [5, 5.41) is 5.77. The summed E-state index contributed by atoms with van der Waals surface area (Å²) in [6.45, 7) is 4.60. The van der Waals surface area contributed by atoms with Crippen LogP contribution in [-0.2, 0) is 11.3 Å². The van der Waals surface area contributed by atoms with Gasteiger partial charge in [-0.3, -0.25) is 9.59 Å². The molecule has 5 nitrogen and oxygen atoms in total. The molecule has 0 unspecified atom stereocenters. The van der Waals surface area contributed by atoms with E-state index in [2.05, 4.69) is 17.6 Å². The Kier molecular flexibility index (Phi) is 9.07. The fourth-order valence-corrected chi connectivity index (χ4v) is 2.47. The van der Waals surface area contributed by atoms with Gasteiger partial charge >= 0.3 is 0 Å². The Balaban J connectivity index is 1.69. The van der Waals surface area contributed by atoms with Crippen molar-refractivity contribution in [2.24, 2.45) is 0 Å². The third-order valence-electron chi connectivity index (χ3n) is 4.10. The summed E-state index contributed by atoms with van der Waals surface area (Å²) < 4.78 is 5.47. The zero-order valence-electron chi connectivity index (χ0n) is 15.9. The first kappa shape index (κ1) is 20.6. The van der Waals surface area contributed by atoms with Gasteiger partial charge in [0.05, 0.1) is 0 Å². The molecule has 0 saturated heterocycles. The summed E-state index contributed by atoms with van der Waals surface area (Å²) in [5.74, 6) is -0.206. The fraction of sp³-hybridized carbons (Fsp3) is 0.364. The number of carbonyl (C=O) groups is 2. The van der Waals surface area contributed by atoms with Crippen LogP contribution in [0.15, 0.2) is 54.6 Å². The van der Waals surface area contributed by atoms with Gasteiger partial charge < -0.3 is 15.4 Å². The molecule has 2 rings (SSSR count). The Morgan fingerprint density at radius 3 is 2.15 bits per heavy atom. The zero-order valence-corrected chi connectivity index (χ0v) is 15.9. The number of ether oxygens (including phenoxy) is 1. The van der Waals surface area contributed by atoms with E-state index in [1.54, 1.807) is 24.3 Å². The van der Waals surface area contributed by atoms with Gasteiger partial charge in [0.25, 0.3) is 11.8 Å². The molecule has 0 heterocycles. The van der Waals surface area contributed by atoms with Gasteiger partial charge in [0.1, 0.15) is 0 Å². The fourth-order valence-electron chi connectivity index (χ4n) is 2.47. The van der Waals surface area contributed by atoms with Gasteiger partial charge in [-0.1, -0.05) is 43.7 Å². The van der Waals surface area contributed by atoms with Crippen molar-refractivity contribution >= 4 is 11.8 Å². The molecule has 0 bridgehead atoms. The monoisotopic (exact) mass is 368 g/mol. The first-order valence-electron chi connectivity index (χ1n) is 9.49. The molecule has 2 aromatic rings. The number of carbonyl (C=O) groups excluding carboxylic acids is 2. The maximum atomic E-state index is 12.1. The second kappa shape index (κ2) is 11.9. The maximum Gasteiger partial charge on any atom is 0.251 e. The molecular weight excluding hydrogens is 340 g/mol. The van der Waals surface area contributed by atoms with Crippen molar-refractivity contribution in [2.75, 3.05) is 19.8 Å². The average Bonchev–Trinajstić information content (AvgIpc) is 2.72. The Bertz CT molecular complexity index is 699. The van der Waals surface area contributed by atoms with E-state index in [4.69, 9.17) is 4.74 Å². The van der Waals surface area contributed by atoms with Crippen molar-refractivity contribution in [2.45, 2.75) is 32.7 Å². The molecule has 2 aromatic carbocycles. The second-order valence-electron chi connectivity index (χ2n) is 6.32. The minimum atomic E-state index is -0.112. The van der Waals surface area contributed by atoms with Crippen LogP contribution in [0.3, 0.4) is 0 Å². The van der Waals surface area contributed by atoms with E-state index in [0.717, 1.165) is 31.4 Å². The topological polar surface area (TPSA) is 67.4 Å². The Morgan fingerprint density at radius 2 is 1.44 bits per heavy atom. The van der Waals surface area contributed by atoms with Crippen LogP contribution in [0, 0.1) is 0 Å². The highest BCUT2D eigenvalue weighted by Crippen LogP contribution is 2.05. The number of unbranched alkanes of at least 4 members (excludes halogenated alkanes) is 1. The van der Waals surface area contributed by atoms with Crippen molar-refractivity contribution in [1.82, 2.24) is 10.6 Å². The molecule has 0 saturated carbocycles. The zero-order chi connectivity index (χ0) is 19.3.